The lowest BCUT2D eigenvalue weighted by atomic mass is 10.2. The monoisotopic (exact) mass is 269 g/mol. The number of thioether (sulfide) groups is 1. The first-order chi connectivity index (χ1) is 8.04. The highest BCUT2D eigenvalue weighted by Gasteiger charge is 2.24. The molecular weight excluding hydrogens is 250 g/mol. The molecule has 2 atom stereocenters. The number of ketones is 1. The Morgan fingerprint density at radius 2 is 2.00 bits per heavy atom. The molecule has 2 heterocycles. The Morgan fingerprint density at radius 1 is 1.35 bits per heavy atom. The number of aryl methyl sites for hydroxylation is 1. The van der Waals surface area contributed by atoms with E-state index in [9.17, 15) is 4.79 Å². The number of nitrogens with zero attached hydrogens (tertiary/aromatic N) is 1. The van der Waals surface area contributed by atoms with E-state index in [1.165, 1.54) is 4.88 Å². The molecule has 0 N–H and O–H groups in total. The average molecular weight is 269 g/mol. The highest BCUT2D eigenvalue weighted by atomic mass is 32.2. The quantitative estimate of drug-likeness (QED) is 0.787. The summed E-state index contributed by atoms with van der Waals surface area (Å²) in [5.41, 5.74) is 0. The fourth-order valence-electron chi connectivity index (χ4n) is 2.28. The van der Waals surface area contributed by atoms with Crippen molar-refractivity contribution >= 4 is 28.9 Å². The van der Waals surface area contributed by atoms with Gasteiger partial charge in [0.1, 0.15) is 0 Å². The third kappa shape index (κ3) is 3.57. The van der Waals surface area contributed by atoms with Gasteiger partial charge in [-0.2, -0.15) is 11.8 Å². The van der Waals surface area contributed by atoms with Gasteiger partial charge in [0.15, 0.2) is 5.78 Å². The molecule has 17 heavy (non-hydrogen) atoms. The minimum Gasteiger partial charge on any atom is -0.294 e. The molecule has 0 amide bonds. The second kappa shape index (κ2) is 5.55. The molecule has 1 aliphatic rings. The molecule has 0 radical (unpaired) electrons. The van der Waals surface area contributed by atoms with Crippen molar-refractivity contribution in [2.45, 2.75) is 31.3 Å². The zero-order valence-corrected chi connectivity index (χ0v) is 12.2. The summed E-state index contributed by atoms with van der Waals surface area (Å²) in [6, 6.07) is 3.98. The largest absolute Gasteiger partial charge is 0.294 e. The van der Waals surface area contributed by atoms with Crippen LogP contribution in [0.3, 0.4) is 0 Å². The van der Waals surface area contributed by atoms with Gasteiger partial charge in [-0.05, 0) is 19.1 Å². The van der Waals surface area contributed by atoms with Crippen molar-refractivity contribution in [3.8, 4) is 0 Å². The van der Waals surface area contributed by atoms with E-state index in [0.29, 0.717) is 17.0 Å². The maximum atomic E-state index is 12.1. The van der Waals surface area contributed by atoms with Gasteiger partial charge in [-0.15, -0.1) is 11.3 Å². The van der Waals surface area contributed by atoms with Gasteiger partial charge in [-0.1, -0.05) is 13.8 Å². The lowest BCUT2D eigenvalue weighted by Crippen LogP contribution is -2.42. The van der Waals surface area contributed by atoms with Gasteiger partial charge >= 0.3 is 0 Å². The van der Waals surface area contributed by atoms with E-state index in [2.05, 4.69) is 18.7 Å². The highest BCUT2D eigenvalue weighted by Crippen LogP contribution is 2.25. The van der Waals surface area contributed by atoms with Gasteiger partial charge in [0.05, 0.1) is 11.4 Å². The van der Waals surface area contributed by atoms with Crippen LogP contribution in [-0.2, 0) is 0 Å². The minimum absolute atomic E-state index is 0.273. The van der Waals surface area contributed by atoms with Crippen LogP contribution in [0.1, 0.15) is 28.4 Å². The number of rotatable bonds is 3. The fourth-order valence-corrected chi connectivity index (χ4v) is 4.46. The lowest BCUT2D eigenvalue weighted by molar-refractivity contribution is 0.0934. The van der Waals surface area contributed by atoms with Crippen LogP contribution in [0.4, 0.5) is 0 Å². The van der Waals surface area contributed by atoms with Crippen LogP contribution in [0.5, 0.6) is 0 Å². The molecule has 94 valence electrons. The fraction of sp³-hybridized carbons (Fsp3) is 0.615. The molecule has 1 aromatic rings. The Labute approximate surface area is 111 Å². The first-order valence-electron chi connectivity index (χ1n) is 6.02. The Bertz CT molecular complexity index is 392. The molecule has 1 saturated heterocycles. The Kier molecular flexibility index (Phi) is 4.28. The van der Waals surface area contributed by atoms with Crippen molar-refractivity contribution < 1.29 is 4.79 Å². The van der Waals surface area contributed by atoms with Gasteiger partial charge in [0.25, 0.3) is 0 Å². The van der Waals surface area contributed by atoms with Crippen LogP contribution in [0.2, 0.25) is 0 Å². The zero-order chi connectivity index (χ0) is 12.4. The molecule has 2 nitrogen and oxygen atoms in total. The molecule has 0 saturated carbocycles. The minimum atomic E-state index is 0.273. The first-order valence-corrected chi connectivity index (χ1v) is 7.78. The summed E-state index contributed by atoms with van der Waals surface area (Å²) in [6.45, 7) is 9.18. The van der Waals surface area contributed by atoms with Crippen LogP contribution in [0, 0.1) is 6.92 Å². The predicted molar refractivity (Wildman–Crippen MR) is 76.3 cm³/mol. The van der Waals surface area contributed by atoms with Gasteiger partial charge in [-0.3, -0.25) is 9.69 Å². The van der Waals surface area contributed by atoms with Crippen LogP contribution >= 0.6 is 23.1 Å². The summed E-state index contributed by atoms with van der Waals surface area (Å²) in [5.74, 6) is 0.273. The third-order valence-electron chi connectivity index (χ3n) is 2.88. The molecule has 0 aliphatic carbocycles. The molecule has 4 heteroatoms. The van der Waals surface area contributed by atoms with Crippen LogP contribution in [0.25, 0.3) is 0 Å². The molecule has 1 fully saturated rings. The Balaban J connectivity index is 1.94. The van der Waals surface area contributed by atoms with Crippen LogP contribution in [-0.4, -0.2) is 40.8 Å². The summed E-state index contributed by atoms with van der Waals surface area (Å²) in [5, 5.41) is 1.27. The van der Waals surface area contributed by atoms with E-state index in [0.717, 1.165) is 18.0 Å². The highest BCUT2D eigenvalue weighted by molar-refractivity contribution is 8.00. The van der Waals surface area contributed by atoms with E-state index in [4.69, 9.17) is 0 Å². The first kappa shape index (κ1) is 13.1. The molecule has 0 aromatic carbocycles. The third-order valence-corrected chi connectivity index (χ3v) is 5.15. The number of thiophene rings is 1. The van der Waals surface area contributed by atoms with E-state index in [1.807, 2.05) is 30.8 Å². The molecule has 0 bridgehead atoms. The van der Waals surface area contributed by atoms with Gasteiger partial charge < -0.3 is 0 Å². The summed E-state index contributed by atoms with van der Waals surface area (Å²) in [6.07, 6.45) is 0. The van der Waals surface area contributed by atoms with Crippen molar-refractivity contribution in [2.24, 2.45) is 0 Å². The molecule has 2 unspecified atom stereocenters. The molecular formula is C13H19NOS2. The summed E-state index contributed by atoms with van der Waals surface area (Å²) in [4.78, 5) is 16.5. The van der Waals surface area contributed by atoms with Crippen molar-refractivity contribution in [1.82, 2.24) is 4.90 Å². The summed E-state index contributed by atoms with van der Waals surface area (Å²) >= 11 is 3.63. The zero-order valence-electron chi connectivity index (χ0n) is 10.6. The van der Waals surface area contributed by atoms with Crippen molar-refractivity contribution in [3.63, 3.8) is 0 Å². The summed E-state index contributed by atoms with van der Waals surface area (Å²) in [7, 11) is 0. The number of Topliss-reactive ketones (excluding diaryl/α,β-unsaturated/α-hetero) is 1. The van der Waals surface area contributed by atoms with Gasteiger partial charge in [0.2, 0.25) is 0 Å². The Morgan fingerprint density at radius 3 is 2.53 bits per heavy atom. The molecule has 1 aliphatic heterocycles. The number of hydrogen-bond donors (Lipinski definition) is 0. The topological polar surface area (TPSA) is 20.3 Å². The predicted octanol–water partition coefficient (Wildman–Crippen LogP) is 3.07. The van der Waals surface area contributed by atoms with Crippen LogP contribution in [0.15, 0.2) is 12.1 Å². The average Bonchev–Trinajstić information content (AvgIpc) is 2.63. The Hall–Kier alpha value is -0.320. The lowest BCUT2D eigenvalue weighted by Gasteiger charge is -2.33. The second-order valence-corrected chi connectivity index (χ2v) is 7.95. The smallest absolute Gasteiger partial charge is 0.186 e. The number of carbonyl (C=O) groups is 1. The maximum absolute atomic E-state index is 12.1. The van der Waals surface area contributed by atoms with E-state index >= 15 is 0 Å². The number of hydrogen-bond acceptors (Lipinski definition) is 4. The van der Waals surface area contributed by atoms with Gasteiger partial charge in [0, 0.05) is 28.5 Å². The van der Waals surface area contributed by atoms with E-state index < -0.39 is 0 Å². The van der Waals surface area contributed by atoms with Crippen molar-refractivity contribution in [2.75, 3.05) is 19.6 Å². The van der Waals surface area contributed by atoms with Crippen molar-refractivity contribution in [3.05, 3.63) is 21.9 Å². The SMILES string of the molecule is Cc1ccc(C(=O)CN2CC(C)SC(C)C2)s1. The van der Waals surface area contributed by atoms with Crippen molar-refractivity contribution in [1.29, 1.82) is 0 Å². The van der Waals surface area contributed by atoms with Crippen LogP contribution < -0.4 is 0 Å². The van der Waals surface area contributed by atoms with Gasteiger partial charge in [-0.25, -0.2) is 0 Å². The van der Waals surface area contributed by atoms with E-state index in [-0.39, 0.29) is 5.78 Å². The molecule has 0 spiro atoms. The molecule has 1 aromatic heterocycles. The van der Waals surface area contributed by atoms with E-state index in [1.54, 1.807) is 11.3 Å². The molecule has 2 rings (SSSR count). The normalized spacial score (nSPS) is 26.1. The maximum Gasteiger partial charge on any atom is 0.186 e. The summed E-state index contributed by atoms with van der Waals surface area (Å²) < 4.78 is 0. The number of carbonyl (C=O) groups excluding carboxylic acids is 1. The second-order valence-electron chi connectivity index (χ2n) is 4.78. The standard InChI is InChI=1S/C13H19NOS2/c1-9-4-5-13(17-9)12(15)8-14-6-10(2)16-11(3)7-14/h4-5,10-11H,6-8H2,1-3H3.